The molecular weight excluding hydrogens is 346 g/mol. The van der Waals surface area contributed by atoms with Crippen LogP contribution in [-0.4, -0.2) is 30.6 Å². The zero-order valence-electron chi connectivity index (χ0n) is 11.3. The lowest BCUT2D eigenvalue weighted by molar-refractivity contribution is -0.151. The summed E-state index contributed by atoms with van der Waals surface area (Å²) < 4.78 is 10.1. The molecule has 0 aliphatic carbocycles. The molecule has 8 heteroatoms. The van der Waals surface area contributed by atoms with Gasteiger partial charge in [0.2, 0.25) is 5.70 Å². The van der Waals surface area contributed by atoms with E-state index in [0.29, 0.717) is 4.47 Å². The molecule has 0 saturated carbocycles. The second-order valence-corrected chi connectivity index (χ2v) is 4.60. The van der Waals surface area contributed by atoms with Gasteiger partial charge in [-0.3, -0.25) is 4.79 Å². The Kier molecular flexibility index (Phi) is 6.04. The molecule has 112 valence electrons. The number of nitrogens with zero attached hydrogens (tertiary/aromatic N) is 1. The second kappa shape index (κ2) is 7.53. The van der Waals surface area contributed by atoms with E-state index in [1.165, 1.54) is 26.2 Å². The van der Waals surface area contributed by atoms with Gasteiger partial charge in [-0.2, -0.15) is 0 Å². The second-order valence-electron chi connectivity index (χ2n) is 3.68. The van der Waals surface area contributed by atoms with Gasteiger partial charge < -0.3 is 14.6 Å². The highest BCUT2D eigenvalue weighted by atomic mass is 79.9. The predicted octanol–water partition coefficient (Wildman–Crippen LogP) is 2.58. The van der Waals surface area contributed by atoms with Crippen molar-refractivity contribution >= 4 is 33.4 Å². The van der Waals surface area contributed by atoms with Gasteiger partial charge in [-0.05, 0) is 30.3 Å². The first-order valence-corrected chi connectivity index (χ1v) is 6.57. The van der Waals surface area contributed by atoms with E-state index < -0.39 is 23.2 Å². The van der Waals surface area contributed by atoms with Crippen molar-refractivity contribution in [3.05, 3.63) is 38.8 Å². The van der Waals surface area contributed by atoms with Gasteiger partial charge in [0.1, 0.15) is 5.75 Å². The van der Waals surface area contributed by atoms with Crippen LogP contribution in [0.2, 0.25) is 0 Å². The normalized spacial score (nSPS) is 11.4. The first-order chi connectivity index (χ1) is 9.96. The molecule has 1 N–H and O–H groups in total. The third-order valence-corrected chi connectivity index (χ3v) is 2.90. The van der Waals surface area contributed by atoms with Gasteiger partial charge in [0.25, 0.3) is 5.78 Å². The Bertz CT molecular complexity index is 611. The Hall–Kier alpha value is -2.22. The number of benzene rings is 1. The van der Waals surface area contributed by atoms with Crippen molar-refractivity contribution in [2.75, 3.05) is 13.7 Å². The quantitative estimate of drug-likeness (QED) is 0.276. The van der Waals surface area contributed by atoms with E-state index in [1.807, 2.05) is 0 Å². The average molecular weight is 358 g/mol. The van der Waals surface area contributed by atoms with Crippen LogP contribution in [0.5, 0.6) is 5.75 Å². The molecule has 0 amide bonds. The molecule has 0 saturated heterocycles. The standard InChI is InChI=1S/C13H12BrNO6/c1-3-21-13(18)12(17)10(15-19)11(16)8-6-7(14)4-5-9(8)20-2/h4-6,16H,3H2,1-2H3. The number of hydrogen-bond donors (Lipinski definition) is 1. The molecule has 0 unspecified atom stereocenters. The maximum atomic E-state index is 11.7. The highest BCUT2D eigenvalue weighted by Gasteiger charge is 2.27. The molecule has 0 bridgehead atoms. The number of aliphatic hydroxyl groups is 1. The fourth-order valence-corrected chi connectivity index (χ4v) is 1.84. The number of methoxy groups -OCH3 is 1. The van der Waals surface area contributed by atoms with E-state index >= 15 is 0 Å². The number of halogens is 1. The van der Waals surface area contributed by atoms with Crippen LogP contribution >= 0.6 is 15.9 Å². The van der Waals surface area contributed by atoms with E-state index in [0.717, 1.165) is 0 Å². The number of carbonyl (C=O) groups is 2. The van der Waals surface area contributed by atoms with Crippen LogP contribution in [0.4, 0.5) is 0 Å². The van der Waals surface area contributed by atoms with Crippen molar-refractivity contribution in [2.24, 2.45) is 5.18 Å². The van der Waals surface area contributed by atoms with Crippen molar-refractivity contribution < 1.29 is 24.2 Å². The van der Waals surface area contributed by atoms with E-state index in [9.17, 15) is 19.6 Å². The summed E-state index contributed by atoms with van der Waals surface area (Å²) in [6, 6.07) is 4.56. The van der Waals surface area contributed by atoms with Crippen LogP contribution < -0.4 is 4.74 Å². The number of ether oxygens (including phenoxy) is 2. The van der Waals surface area contributed by atoms with Gasteiger partial charge in [0.05, 0.1) is 19.3 Å². The monoisotopic (exact) mass is 357 g/mol. The summed E-state index contributed by atoms with van der Waals surface area (Å²) in [4.78, 5) is 33.9. The topological polar surface area (TPSA) is 102 Å². The van der Waals surface area contributed by atoms with Crippen LogP contribution in [-0.2, 0) is 14.3 Å². The van der Waals surface area contributed by atoms with Gasteiger partial charge in [-0.1, -0.05) is 15.9 Å². The number of esters is 1. The Morgan fingerprint density at radius 2 is 2.05 bits per heavy atom. The fraction of sp³-hybridized carbons (Fsp3) is 0.231. The highest BCUT2D eigenvalue weighted by molar-refractivity contribution is 9.10. The number of carbonyl (C=O) groups excluding carboxylic acids is 2. The van der Waals surface area contributed by atoms with Crippen molar-refractivity contribution in [1.29, 1.82) is 0 Å². The third-order valence-electron chi connectivity index (χ3n) is 2.41. The summed E-state index contributed by atoms with van der Waals surface area (Å²) in [5, 5.41) is 12.5. The Balaban J connectivity index is 3.37. The largest absolute Gasteiger partial charge is 0.505 e. The summed E-state index contributed by atoms with van der Waals surface area (Å²) in [6.45, 7) is 1.46. The lowest BCUT2D eigenvalue weighted by Gasteiger charge is -2.09. The van der Waals surface area contributed by atoms with Gasteiger partial charge in [0, 0.05) is 4.47 Å². The lowest BCUT2D eigenvalue weighted by atomic mass is 10.1. The lowest BCUT2D eigenvalue weighted by Crippen LogP contribution is -2.19. The third kappa shape index (κ3) is 3.88. The minimum absolute atomic E-state index is 0.0409. The maximum absolute atomic E-state index is 11.7. The zero-order chi connectivity index (χ0) is 16.0. The molecule has 0 aromatic heterocycles. The molecule has 0 heterocycles. The van der Waals surface area contributed by atoms with Crippen molar-refractivity contribution in [3.63, 3.8) is 0 Å². The Morgan fingerprint density at radius 1 is 1.38 bits per heavy atom. The smallest absolute Gasteiger partial charge is 0.381 e. The molecule has 1 aromatic carbocycles. The predicted molar refractivity (Wildman–Crippen MR) is 77.7 cm³/mol. The molecule has 1 rings (SSSR count). The van der Waals surface area contributed by atoms with Crippen LogP contribution in [0.3, 0.4) is 0 Å². The first-order valence-electron chi connectivity index (χ1n) is 5.78. The fourth-order valence-electron chi connectivity index (χ4n) is 1.48. The molecule has 0 spiro atoms. The molecule has 1 aromatic rings. The number of rotatable bonds is 6. The minimum Gasteiger partial charge on any atom is -0.505 e. The van der Waals surface area contributed by atoms with Crippen molar-refractivity contribution in [3.8, 4) is 5.75 Å². The number of aliphatic hydroxyl groups excluding tert-OH is 1. The van der Waals surface area contributed by atoms with E-state index in [2.05, 4.69) is 25.8 Å². The molecule has 21 heavy (non-hydrogen) atoms. The number of nitroso groups, excluding NO2 is 1. The van der Waals surface area contributed by atoms with Gasteiger partial charge in [-0.25, -0.2) is 4.79 Å². The van der Waals surface area contributed by atoms with Gasteiger partial charge in [0.15, 0.2) is 5.76 Å². The Morgan fingerprint density at radius 3 is 2.57 bits per heavy atom. The van der Waals surface area contributed by atoms with Crippen molar-refractivity contribution in [1.82, 2.24) is 0 Å². The van der Waals surface area contributed by atoms with Crippen LogP contribution in [0.1, 0.15) is 12.5 Å². The van der Waals surface area contributed by atoms with Crippen LogP contribution in [0, 0.1) is 4.91 Å². The number of hydrogen-bond acceptors (Lipinski definition) is 7. The zero-order valence-corrected chi connectivity index (χ0v) is 12.8. The van der Waals surface area contributed by atoms with Gasteiger partial charge in [-0.15, -0.1) is 4.91 Å². The molecule has 7 nitrogen and oxygen atoms in total. The molecule has 0 radical (unpaired) electrons. The van der Waals surface area contributed by atoms with Gasteiger partial charge >= 0.3 is 5.97 Å². The summed E-state index contributed by atoms with van der Waals surface area (Å²) in [7, 11) is 1.35. The van der Waals surface area contributed by atoms with E-state index in [1.54, 1.807) is 6.07 Å². The number of Topliss-reactive ketones (excluding diaryl/α,β-unsaturated/α-hetero) is 1. The summed E-state index contributed by atoms with van der Waals surface area (Å²) in [5.74, 6) is -3.16. The summed E-state index contributed by atoms with van der Waals surface area (Å²) in [6.07, 6.45) is 0. The SMILES string of the molecule is CCOC(=O)C(=O)C(N=O)=C(O)c1cc(Br)ccc1OC. The van der Waals surface area contributed by atoms with E-state index in [-0.39, 0.29) is 17.9 Å². The first kappa shape index (κ1) is 16.8. The van der Waals surface area contributed by atoms with Crippen LogP contribution in [0.25, 0.3) is 5.76 Å². The summed E-state index contributed by atoms with van der Waals surface area (Å²) >= 11 is 3.18. The minimum atomic E-state index is -1.33. The molecule has 0 aliphatic rings. The summed E-state index contributed by atoms with van der Waals surface area (Å²) in [5.41, 5.74) is -0.899. The molecular formula is C13H12BrNO6. The Labute approximate surface area is 128 Å². The number of ketones is 1. The highest BCUT2D eigenvalue weighted by Crippen LogP contribution is 2.30. The molecule has 0 atom stereocenters. The van der Waals surface area contributed by atoms with E-state index in [4.69, 9.17) is 4.74 Å². The van der Waals surface area contributed by atoms with Crippen LogP contribution in [0.15, 0.2) is 33.5 Å². The molecule has 0 fully saturated rings. The average Bonchev–Trinajstić information content (AvgIpc) is 2.47. The van der Waals surface area contributed by atoms with Crippen molar-refractivity contribution in [2.45, 2.75) is 6.92 Å². The maximum Gasteiger partial charge on any atom is 0.381 e. The molecule has 0 aliphatic heterocycles.